The average Bonchev–Trinajstić information content (AvgIpc) is 3.15. The van der Waals surface area contributed by atoms with E-state index in [1.807, 2.05) is 42.7 Å². The second kappa shape index (κ2) is 12.1. The van der Waals surface area contributed by atoms with Crippen molar-refractivity contribution in [3.05, 3.63) is 176 Å². The Hall–Kier alpha value is -6.19. The number of nitrogens with zero attached hydrogens (tertiary/aromatic N) is 3. The summed E-state index contributed by atoms with van der Waals surface area (Å²) < 4.78 is 0. The van der Waals surface area contributed by atoms with Gasteiger partial charge in [-0.05, 0) is 56.8 Å². The first-order valence-corrected chi connectivity index (χ1v) is 15.4. The second-order valence-electron chi connectivity index (χ2n) is 11.3. The molecule has 0 aliphatic carbocycles. The molecule has 46 heavy (non-hydrogen) atoms. The lowest BCUT2D eigenvalue weighted by molar-refractivity contribution is 1.18. The lowest BCUT2D eigenvalue weighted by Crippen LogP contribution is -1.96. The van der Waals surface area contributed by atoms with Crippen LogP contribution in [-0.2, 0) is 0 Å². The third kappa shape index (κ3) is 5.36. The number of rotatable bonds is 6. The van der Waals surface area contributed by atoms with Crippen LogP contribution in [0.25, 0.3) is 78.1 Å². The molecular weight excluding hydrogens is 558 g/mol. The van der Waals surface area contributed by atoms with E-state index >= 15 is 0 Å². The van der Waals surface area contributed by atoms with Crippen molar-refractivity contribution in [2.45, 2.75) is 0 Å². The van der Waals surface area contributed by atoms with Crippen molar-refractivity contribution in [2.24, 2.45) is 0 Å². The first kappa shape index (κ1) is 27.4. The van der Waals surface area contributed by atoms with E-state index in [1.54, 1.807) is 0 Å². The molecule has 8 rings (SSSR count). The van der Waals surface area contributed by atoms with Crippen LogP contribution in [0.1, 0.15) is 0 Å². The quantitative estimate of drug-likeness (QED) is 0.194. The molecule has 0 saturated heterocycles. The number of pyridine rings is 1. The molecule has 0 aliphatic heterocycles. The minimum absolute atomic E-state index is 0.705. The lowest BCUT2D eigenvalue weighted by Gasteiger charge is -2.14. The first-order chi connectivity index (χ1) is 22.8. The van der Waals surface area contributed by atoms with E-state index < -0.39 is 0 Å². The highest BCUT2D eigenvalue weighted by Crippen LogP contribution is 2.37. The molecule has 0 fully saturated rings. The standard InChI is InChI=1S/C43H29N3/c1-3-11-30(12-4-1)31-20-22-32(23-21-31)41-28-42(46-43(45-41)33-13-5-2-6-14-33)35-16-9-15-34(27-35)37-24-25-38(36-17-10-26-44-29-36)40-19-8-7-18-39(37)40/h1-29H. The topological polar surface area (TPSA) is 38.7 Å². The van der Waals surface area contributed by atoms with Gasteiger partial charge in [-0.2, -0.15) is 0 Å². The summed E-state index contributed by atoms with van der Waals surface area (Å²) in [6.45, 7) is 0. The number of hydrogen-bond acceptors (Lipinski definition) is 3. The Morgan fingerprint density at radius 1 is 0.326 bits per heavy atom. The smallest absolute Gasteiger partial charge is 0.160 e. The van der Waals surface area contributed by atoms with Crippen molar-refractivity contribution in [2.75, 3.05) is 0 Å². The van der Waals surface area contributed by atoms with Gasteiger partial charge in [-0.25, -0.2) is 9.97 Å². The maximum Gasteiger partial charge on any atom is 0.160 e. The van der Waals surface area contributed by atoms with E-state index in [-0.39, 0.29) is 0 Å². The highest BCUT2D eigenvalue weighted by Gasteiger charge is 2.14. The van der Waals surface area contributed by atoms with Gasteiger partial charge in [0.2, 0.25) is 0 Å². The van der Waals surface area contributed by atoms with E-state index in [9.17, 15) is 0 Å². The summed E-state index contributed by atoms with van der Waals surface area (Å²) in [7, 11) is 0. The summed E-state index contributed by atoms with van der Waals surface area (Å²) >= 11 is 0. The Morgan fingerprint density at radius 2 is 0.848 bits per heavy atom. The summed E-state index contributed by atoms with van der Waals surface area (Å²) in [6, 6.07) is 57.2. The van der Waals surface area contributed by atoms with Crippen LogP contribution < -0.4 is 0 Å². The van der Waals surface area contributed by atoms with E-state index in [0.717, 1.165) is 39.2 Å². The van der Waals surface area contributed by atoms with E-state index in [0.29, 0.717) is 5.82 Å². The molecule has 0 atom stereocenters. The van der Waals surface area contributed by atoms with Gasteiger partial charge in [0, 0.05) is 34.6 Å². The first-order valence-electron chi connectivity index (χ1n) is 15.4. The Balaban J connectivity index is 1.23. The highest BCUT2D eigenvalue weighted by molar-refractivity contribution is 6.05. The van der Waals surface area contributed by atoms with Crippen LogP contribution in [0, 0.1) is 0 Å². The van der Waals surface area contributed by atoms with Crippen LogP contribution in [0.4, 0.5) is 0 Å². The van der Waals surface area contributed by atoms with Crippen molar-refractivity contribution in [3.8, 4) is 67.3 Å². The van der Waals surface area contributed by atoms with Crippen LogP contribution in [0.15, 0.2) is 176 Å². The maximum absolute atomic E-state index is 5.10. The Morgan fingerprint density at radius 3 is 1.52 bits per heavy atom. The summed E-state index contributed by atoms with van der Waals surface area (Å²) in [5.74, 6) is 0.705. The summed E-state index contributed by atoms with van der Waals surface area (Å²) in [4.78, 5) is 14.5. The normalized spacial score (nSPS) is 11.0. The Labute approximate surface area is 268 Å². The minimum atomic E-state index is 0.705. The summed E-state index contributed by atoms with van der Waals surface area (Å²) in [5.41, 5.74) is 11.8. The van der Waals surface area contributed by atoms with E-state index in [1.165, 1.54) is 33.0 Å². The van der Waals surface area contributed by atoms with Crippen molar-refractivity contribution in [3.63, 3.8) is 0 Å². The zero-order chi connectivity index (χ0) is 30.7. The fourth-order valence-corrected chi connectivity index (χ4v) is 6.09. The molecule has 2 aromatic heterocycles. The van der Waals surface area contributed by atoms with Crippen LogP contribution in [-0.4, -0.2) is 15.0 Å². The van der Waals surface area contributed by atoms with Gasteiger partial charge in [0.15, 0.2) is 5.82 Å². The SMILES string of the molecule is c1ccc(-c2ccc(-c3cc(-c4cccc(-c5ccc(-c6cccnc6)c6ccccc56)c4)nc(-c4ccccc4)n3)cc2)cc1. The molecule has 0 bridgehead atoms. The van der Waals surface area contributed by atoms with Crippen LogP contribution in [0.2, 0.25) is 0 Å². The molecule has 2 heterocycles. The minimum Gasteiger partial charge on any atom is -0.264 e. The van der Waals surface area contributed by atoms with Gasteiger partial charge in [0.25, 0.3) is 0 Å². The van der Waals surface area contributed by atoms with Crippen molar-refractivity contribution in [1.82, 2.24) is 15.0 Å². The molecule has 0 saturated carbocycles. The molecule has 3 heteroatoms. The van der Waals surface area contributed by atoms with Gasteiger partial charge in [0.1, 0.15) is 0 Å². The lowest BCUT2D eigenvalue weighted by atomic mass is 9.92. The van der Waals surface area contributed by atoms with Crippen molar-refractivity contribution >= 4 is 10.8 Å². The van der Waals surface area contributed by atoms with E-state index in [2.05, 4.69) is 138 Å². The van der Waals surface area contributed by atoms with Gasteiger partial charge in [-0.3, -0.25) is 4.98 Å². The second-order valence-corrected chi connectivity index (χ2v) is 11.3. The fourth-order valence-electron chi connectivity index (χ4n) is 6.09. The number of fused-ring (bicyclic) bond motifs is 1. The van der Waals surface area contributed by atoms with Gasteiger partial charge in [0.05, 0.1) is 11.4 Å². The molecular formula is C43H29N3. The third-order valence-corrected chi connectivity index (χ3v) is 8.41. The number of aromatic nitrogens is 3. The zero-order valence-electron chi connectivity index (χ0n) is 25.1. The maximum atomic E-state index is 5.10. The number of benzene rings is 6. The summed E-state index contributed by atoms with van der Waals surface area (Å²) in [5, 5.41) is 2.40. The Bertz CT molecular complexity index is 2280. The Kier molecular flexibility index (Phi) is 7.18. The molecule has 0 radical (unpaired) electrons. The van der Waals surface area contributed by atoms with Gasteiger partial charge >= 0.3 is 0 Å². The zero-order valence-corrected chi connectivity index (χ0v) is 25.1. The number of hydrogen-bond donors (Lipinski definition) is 0. The summed E-state index contributed by atoms with van der Waals surface area (Å²) in [6.07, 6.45) is 3.74. The monoisotopic (exact) mass is 587 g/mol. The van der Waals surface area contributed by atoms with Crippen molar-refractivity contribution < 1.29 is 0 Å². The van der Waals surface area contributed by atoms with Crippen LogP contribution >= 0.6 is 0 Å². The molecule has 6 aromatic carbocycles. The molecule has 8 aromatic rings. The molecule has 216 valence electrons. The van der Waals surface area contributed by atoms with Gasteiger partial charge < -0.3 is 0 Å². The van der Waals surface area contributed by atoms with E-state index in [4.69, 9.17) is 9.97 Å². The molecule has 0 aliphatic rings. The largest absolute Gasteiger partial charge is 0.264 e. The van der Waals surface area contributed by atoms with Crippen LogP contribution in [0.5, 0.6) is 0 Å². The molecule has 0 spiro atoms. The van der Waals surface area contributed by atoms with Crippen LogP contribution in [0.3, 0.4) is 0 Å². The van der Waals surface area contributed by atoms with Gasteiger partial charge in [-0.15, -0.1) is 0 Å². The average molecular weight is 588 g/mol. The molecule has 0 unspecified atom stereocenters. The van der Waals surface area contributed by atoms with Crippen molar-refractivity contribution in [1.29, 1.82) is 0 Å². The fraction of sp³-hybridized carbons (Fsp3) is 0. The highest BCUT2D eigenvalue weighted by atomic mass is 14.9. The third-order valence-electron chi connectivity index (χ3n) is 8.41. The predicted octanol–water partition coefficient (Wildman–Crippen LogP) is 11.0. The van der Waals surface area contributed by atoms with Gasteiger partial charge in [-0.1, -0.05) is 146 Å². The molecule has 0 N–H and O–H groups in total. The molecule has 3 nitrogen and oxygen atoms in total. The molecule has 0 amide bonds. The predicted molar refractivity (Wildman–Crippen MR) is 190 cm³/mol.